The molecule has 0 spiro atoms. The Morgan fingerprint density at radius 1 is 1.29 bits per heavy atom. The molecule has 0 saturated carbocycles. The maximum absolute atomic E-state index is 3.30. The quantitative estimate of drug-likeness (QED) is 0.628. The molecule has 72 valence electrons. The number of rotatable bonds is 3. The summed E-state index contributed by atoms with van der Waals surface area (Å²) in [6, 6.07) is 10.7. The highest BCUT2D eigenvalue weighted by Crippen LogP contribution is 2.24. The fourth-order valence-electron chi connectivity index (χ4n) is 1.98. The summed E-state index contributed by atoms with van der Waals surface area (Å²) >= 11 is 0. The van der Waals surface area contributed by atoms with Gasteiger partial charge in [0.05, 0.1) is 0 Å². The fourth-order valence-corrected chi connectivity index (χ4v) is 1.98. The molecular formula is C14H16. The molecule has 0 heteroatoms. The van der Waals surface area contributed by atoms with Gasteiger partial charge in [-0.1, -0.05) is 30.3 Å². The highest BCUT2D eigenvalue weighted by atomic mass is 14.2. The van der Waals surface area contributed by atoms with Crippen molar-refractivity contribution in [3.05, 3.63) is 53.3 Å². The summed E-state index contributed by atoms with van der Waals surface area (Å²) in [6.07, 6.45) is 5.82. The first-order chi connectivity index (χ1) is 6.86. The fraction of sp³-hybridized carbons (Fsp3) is 0.357. The normalized spacial score (nSPS) is 19.8. The van der Waals surface area contributed by atoms with Crippen LogP contribution in [0, 0.1) is 5.92 Å². The molecule has 1 unspecified atom stereocenters. The topological polar surface area (TPSA) is 0 Å². The summed E-state index contributed by atoms with van der Waals surface area (Å²) in [5.41, 5.74) is 6.18. The van der Waals surface area contributed by atoms with Gasteiger partial charge in [0.1, 0.15) is 0 Å². The molecule has 1 aliphatic rings. The molecule has 0 heterocycles. The maximum atomic E-state index is 3.30. The second kappa shape index (κ2) is 4.30. The van der Waals surface area contributed by atoms with E-state index in [1.807, 2.05) is 0 Å². The third-order valence-electron chi connectivity index (χ3n) is 2.97. The predicted molar refractivity (Wildman–Crippen MR) is 60.1 cm³/mol. The van der Waals surface area contributed by atoms with E-state index >= 15 is 0 Å². The average Bonchev–Trinajstić information content (AvgIpc) is 2.63. The van der Waals surface area contributed by atoms with E-state index in [9.17, 15) is 0 Å². The molecule has 0 saturated heterocycles. The van der Waals surface area contributed by atoms with Crippen LogP contribution in [-0.2, 0) is 6.42 Å². The van der Waals surface area contributed by atoms with Crippen molar-refractivity contribution in [1.29, 1.82) is 0 Å². The molecule has 0 bridgehead atoms. The zero-order valence-electron chi connectivity index (χ0n) is 8.66. The number of benzene rings is 1. The monoisotopic (exact) mass is 184 g/mol. The van der Waals surface area contributed by atoms with E-state index in [2.05, 4.69) is 49.1 Å². The minimum absolute atomic E-state index is 0.746. The summed E-state index contributed by atoms with van der Waals surface area (Å²) in [5.74, 6) is 0.746. The Bertz CT molecular complexity index is 353. The first-order valence-corrected chi connectivity index (χ1v) is 5.32. The highest BCUT2D eigenvalue weighted by molar-refractivity contribution is 5.17. The van der Waals surface area contributed by atoms with Crippen molar-refractivity contribution >= 4 is 0 Å². The van der Waals surface area contributed by atoms with Gasteiger partial charge in [-0.3, -0.25) is 0 Å². The van der Waals surface area contributed by atoms with Gasteiger partial charge < -0.3 is 0 Å². The van der Waals surface area contributed by atoms with Crippen molar-refractivity contribution in [3.63, 3.8) is 0 Å². The first-order valence-electron chi connectivity index (χ1n) is 5.32. The van der Waals surface area contributed by atoms with Crippen LogP contribution in [0.15, 0.2) is 47.7 Å². The zero-order chi connectivity index (χ0) is 9.80. The molecule has 0 radical (unpaired) electrons. The van der Waals surface area contributed by atoms with Crippen LogP contribution >= 0.6 is 0 Å². The average molecular weight is 184 g/mol. The van der Waals surface area contributed by atoms with Gasteiger partial charge in [-0.25, -0.2) is 0 Å². The molecule has 1 aromatic rings. The van der Waals surface area contributed by atoms with Crippen LogP contribution in [-0.4, -0.2) is 0 Å². The van der Waals surface area contributed by atoms with Crippen LogP contribution in [0.25, 0.3) is 0 Å². The Morgan fingerprint density at radius 3 is 2.71 bits per heavy atom. The number of hydrogen-bond acceptors (Lipinski definition) is 0. The standard InChI is InChI=1S/C14H16/c1-12-6-5-9-14(12)11-10-13-7-3-2-4-8-13/h2-5,7-8,14H,9-11H2,1H3. The summed E-state index contributed by atoms with van der Waals surface area (Å²) < 4.78 is 0. The third kappa shape index (κ3) is 2.16. The Labute approximate surface area is 86.0 Å². The largest absolute Gasteiger partial charge is 0.126 e. The van der Waals surface area contributed by atoms with Gasteiger partial charge in [-0.15, -0.1) is 5.73 Å². The lowest BCUT2D eigenvalue weighted by molar-refractivity contribution is 0.581. The van der Waals surface area contributed by atoms with Gasteiger partial charge in [-0.2, -0.15) is 0 Å². The van der Waals surface area contributed by atoms with E-state index in [-0.39, 0.29) is 0 Å². The van der Waals surface area contributed by atoms with E-state index in [0.29, 0.717) is 0 Å². The van der Waals surface area contributed by atoms with Gasteiger partial charge >= 0.3 is 0 Å². The Balaban J connectivity index is 1.87. The van der Waals surface area contributed by atoms with Crippen LogP contribution < -0.4 is 0 Å². The van der Waals surface area contributed by atoms with Crippen molar-refractivity contribution in [3.8, 4) is 0 Å². The van der Waals surface area contributed by atoms with Crippen LogP contribution in [0.3, 0.4) is 0 Å². The van der Waals surface area contributed by atoms with Crippen LogP contribution in [0.1, 0.15) is 25.3 Å². The van der Waals surface area contributed by atoms with Crippen LogP contribution in [0.2, 0.25) is 0 Å². The van der Waals surface area contributed by atoms with Crippen LogP contribution in [0.4, 0.5) is 0 Å². The van der Waals surface area contributed by atoms with Crippen molar-refractivity contribution in [1.82, 2.24) is 0 Å². The molecule has 0 fully saturated rings. The number of hydrogen-bond donors (Lipinski definition) is 0. The first kappa shape index (κ1) is 9.30. The number of allylic oxidation sites excluding steroid dienone is 1. The molecule has 0 nitrogen and oxygen atoms in total. The molecule has 2 rings (SSSR count). The van der Waals surface area contributed by atoms with E-state index in [4.69, 9.17) is 0 Å². The van der Waals surface area contributed by atoms with Gasteiger partial charge in [0.15, 0.2) is 0 Å². The lowest BCUT2D eigenvalue weighted by Gasteiger charge is -2.10. The Morgan fingerprint density at radius 2 is 2.07 bits per heavy atom. The van der Waals surface area contributed by atoms with E-state index in [1.165, 1.54) is 30.4 Å². The van der Waals surface area contributed by atoms with Gasteiger partial charge in [0.25, 0.3) is 0 Å². The van der Waals surface area contributed by atoms with E-state index in [0.717, 1.165) is 5.92 Å². The number of aryl methyl sites for hydroxylation is 1. The van der Waals surface area contributed by atoms with Gasteiger partial charge in [-0.05, 0) is 49.3 Å². The molecule has 1 atom stereocenters. The van der Waals surface area contributed by atoms with Crippen molar-refractivity contribution in [2.45, 2.75) is 26.2 Å². The third-order valence-corrected chi connectivity index (χ3v) is 2.97. The van der Waals surface area contributed by atoms with Crippen molar-refractivity contribution in [2.75, 3.05) is 0 Å². The summed E-state index contributed by atoms with van der Waals surface area (Å²) in [5, 5.41) is 0. The lowest BCUT2D eigenvalue weighted by atomic mass is 9.94. The van der Waals surface area contributed by atoms with E-state index in [1.54, 1.807) is 0 Å². The molecule has 0 aromatic heterocycles. The second-order valence-corrected chi connectivity index (χ2v) is 3.99. The van der Waals surface area contributed by atoms with E-state index < -0.39 is 0 Å². The van der Waals surface area contributed by atoms with Crippen LogP contribution in [0.5, 0.6) is 0 Å². The highest BCUT2D eigenvalue weighted by Gasteiger charge is 2.12. The Hall–Kier alpha value is -1.26. The molecule has 1 aliphatic carbocycles. The van der Waals surface area contributed by atoms with Crippen molar-refractivity contribution < 1.29 is 0 Å². The van der Waals surface area contributed by atoms with Gasteiger partial charge in [0, 0.05) is 0 Å². The molecule has 14 heavy (non-hydrogen) atoms. The minimum Gasteiger partial charge on any atom is -0.126 e. The SMILES string of the molecule is CC1=C=CCC1CCc1ccccc1. The van der Waals surface area contributed by atoms with Crippen molar-refractivity contribution in [2.24, 2.45) is 5.92 Å². The predicted octanol–water partition coefficient (Wildman–Crippen LogP) is 3.74. The molecule has 0 N–H and O–H groups in total. The molecule has 1 aromatic carbocycles. The summed E-state index contributed by atoms with van der Waals surface area (Å²) in [4.78, 5) is 0. The molecular weight excluding hydrogens is 168 g/mol. The Kier molecular flexibility index (Phi) is 2.86. The smallest absolute Gasteiger partial charge is 0.00862 e. The zero-order valence-corrected chi connectivity index (χ0v) is 8.66. The molecule has 0 amide bonds. The molecule has 0 aliphatic heterocycles. The lowest BCUT2D eigenvalue weighted by Crippen LogP contribution is -1.99. The van der Waals surface area contributed by atoms with Gasteiger partial charge in [0.2, 0.25) is 0 Å². The summed E-state index contributed by atoms with van der Waals surface area (Å²) in [7, 11) is 0. The minimum atomic E-state index is 0.746. The summed E-state index contributed by atoms with van der Waals surface area (Å²) in [6.45, 7) is 2.19. The second-order valence-electron chi connectivity index (χ2n) is 3.99. The maximum Gasteiger partial charge on any atom is -0.00862 e.